The number of aromatic nitrogens is 3. The summed E-state index contributed by atoms with van der Waals surface area (Å²) in [4.78, 5) is 43.5. The summed E-state index contributed by atoms with van der Waals surface area (Å²) in [5, 5.41) is 6.00. The van der Waals surface area contributed by atoms with Crippen molar-refractivity contribution >= 4 is 33.9 Å². The summed E-state index contributed by atoms with van der Waals surface area (Å²) in [5.41, 5.74) is 6.48. The first-order valence-electron chi connectivity index (χ1n) is 11.6. The largest absolute Gasteiger partial charge is 0.290 e. The fourth-order valence-electron chi connectivity index (χ4n) is 3.80. The maximum atomic E-state index is 13.0. The van der Waals surface area contributed by atoms with E-state index in [0.29, 0.717) is 34.3 Å². The minimum atomic E-state index is -0.592. The highest BCUT2D eigenvalue weighted by molar-refractivity contribution is 7.13. The van der Waals surface area contributed by atoms with Crippen LogP contribution in [0.3, 0.4) is 0 Å². The number of unbranched alkanes of at least 4 members (excludes halogenated alkanes) is 2. The fraction of sp³-hybridized carbons (Fsp3) is 0.269. The smallest absolute Gasteiger partial charge is 0.267 e. The second-order valence-electron chi connectivity index (χ2n) is 8.22. The van der Waals surface area contributed by atoms with E-state index >= 15 is 0 Å². The third-order valence-electron chi connectivity index (χ3n) is 5.59. The summed E-state index contributed by atoms with van der Waals surface area (Å²) in [5.74, 6) is -1.04. The fourth-order valence-corrected chi connectivity index (χ4v) is 4.80. The summed E-state index contributed by atoms with van der Waals surface area (Å²) in [6, 6.07) is 16.8. The maximum Gasteiger partial charge on any atom is 0.290 e. The van der Waals surface area contributed by atoms with Crippen LogP contribution in [0.1, 0.15) is 62.6 Å². The minimum Gasteiger partial charge on any atom is -0.267 e. The average molecular weight is 490 g/mol. The Balaban J connectivity index is 1.50. The Kier molecular flexibility index (Phi) is 7.67. The van der Waals surface area contributed by atoms with Crippen LogP contribution in [0, 0.1) is 6.92 Å². The summed E-state index contributed by atoms with van der Waals surface area (Å²) in [6.07, 6.45) is 3.38. The molecule has 0 saturated heterocycles. The number of benzene rings is 2. The number of aryl methyl sites for hydroxylation is 2. The van der Waals surface area contributed by atoms with Gasteiger partial charge in [-0.05, 0) is 25.0 Å². The zero-order valence-electron chi connectivity index (χ0n) is 19.7. The van der Waals surface area contributed by atoms with Crippen LogP contribution in [0.15, 0.2) is 59.4 Å². The monoisotopic (exact) mass is 489 g/mol. The zero-order valence-corrected chi connectivity index (χ0v) is 20.5. The van der Waals surface area contributed by atoms with E-state index in [9.17, 15) is 14.4 Å². The number of hydrogen-bond acceptors (Lipinski definition) is 6. The summed E-state index contributed by atoms with van der Waals surface area (Å²) >= 11 is 1.29. The number of fused-ring (bicyclic) bond motifs is 1. The molecule has 0 atom stereocenters. The predicted octanol–water partition coefficient (Wildman–Crippen LogP) is 4.02. The summed E-state index contributed by atoms with van der Waals surface area (Å²) in [6.45, 7) is 4.27. The van der Waals surface area contributed by atoms with E-state index in [2.05, 4.69) is 27.9 Å². The van der Waals surface area contributed by atoms with Crippen LogP contribution < -0.4 is 16.4 Å². The van der Waals surface area contributed by atoms with Gasteiger partial charge in [0.15, 0.2) is 5.69 Å². The van der Waals surface area contributed by atoms with Crippen molar-refractivity contribution in [1.82, 2.24) is 25.6 Å². The number of carbonyl (C=O) groups excluding carboxylic acids is 2. The third kappa shape index (κ3) is 5.63. The highest BCUT2D eigenvalue weighted by atomic mass is 32.1. The molecule has 2 N–H and O–H groups in total. The van der Waals surface area contributed by atoms with Gasteiger partial charge in [-0.3, -0.25) is 25.2 Å². The lowest BCUT2D eigenvalue weighted by Crippen LogP contribution is -2.42. The molecular weight excluding hydrogens is 462 g/mol. The molecule has 9 heteroatoms. The Hall–Kier alpha value is -3.85. The van der Waals surface area contributed by atoms with Gasteiger partial charge in [0.25, 0.3) is 17.4 Å². The molecule has 35 heavy (non-hydrogen) atoms. The zero-order chi connectivity index (χ0) is 24.8. The maximum absolute atomic E-state index is 13.0. The number of rotatable bonds is 8. The van der Waals surface area contributed by atoms with Crippen molar-refractivity contribution in [3.63, 3.8) is 0 Å². The van der Waals surface area contributed by atoms with E-state index in [0.717, 1.165) is 29.8 Å². The SMILES string of the molecule is CCCCCn1nc(C(=O)NNC(=O)c2sc(Cc3ccccc3)nc2C)c2ccccc2c1=O. The van der Waals surface area contributed by atoms with Crippen LogP contribution in [-0.4, -0.2) is 26.6 Å². The van der Waals surface area contributed by atoms with Crippen LogP contribution in [0.5, 0.6) is 0 Å². The molecule has 4 rings (SSSR count). The number of hydrazine groups is 1. The Morgan fingerprint density at radius 2 is 1.63 bits per heavy atom. The molecule has 2 heterocycles. The van der Waals surface area contributed by atoms with Gasteiger partial charge in [-0.15, -0.1) is 11.3 Å². The van der Waals surface area contributed by atoms with Gasteiger partial charge >= 0.3 is 0 Å². The van der Waals surface area contributed by atoms with E-state index in [1.807, 2.05) is 30.3 Å². The molecular formula is C26H27N5O3S. The third-order valence-corrected chi connectivity index (χ3v) is 6.75. The Morgan fingerprint density at radius 1 is 0.943 bits per heavy atom. The van der Waals surface area contributed by atoms with Crippen molar-refractivity contribution in [2.45, 2.75) is 46.1 Å². The van der Waals surface area contributed by atoms with Gasteiger partial charge in [0.05, 0.1) is 16.1 Å². The molecule has 2 amide bonds. The van der Waals surface area contributed by atoms with Gasteiger partial charge in [0.1, 0.15) is 4.88 Å². The highest BCUT2D eigenvalue weighted by Crippen LogP contribution is 2.21. The molecule has 0 unspecified atom stereocenters. The van der Waals surface area contributed by atoms with Crippen LogP contribution in [-0.2, 0) is 13.0 Å². The number of nitrogens with one attached hydrogen (secondary N) is 2. The standard InChI is InChI=1S/C26H27N5O3S/c1-3-4-10-15-31-26(34)20-14-9-8-13-19(20)22(30-31)24(32)28-29-25(33)23-17(2)27-21(35-23)16-18-11-6-5-7-12-18/h5-9,11-14H,3-4,10,15-16H2,1-2H3,(H,28,32)(H,29,33). The van der Waals surface area contributed by atoms with Crippen molar-refractivity contribution in [2.75, 3.05) is 0 Å². The van der Waals surface area contributed by atoms with E-state index in [1.165, 1.54) is 16.0 Å². The molecule has 0 aliphatic rings. The lowest BCUT2D eigenvalue weighted by Gasteiger charge is -2.11. The number of hydrogen-bond donors (Lipinski definition) is 2. The van der Waals surface area contributed by atoms with Gasteiger partial charge in [-0.2, -0.15) is 5.10 Å². The van der Waals surface area contributed by atoms with Crippen molar-refractivity contribution in [1.29, 1.82) is 0 Å². The first-order valence-corrected chi connectivity index (χ1v) is 12.4. The first kappa shape index (κ1) is 24.3. The molecule has 0 radical (unpaired) electrons. The van der Waals surface area contributed by atoms with Crippen LogP contribution >= 0.6 is 11.3 Å². The lowest BCUT2D eigenvalue weighted by molar-refractivity contribution is 0.0845. The summed E-state index contributed by atoms with van der Waals surface area (Å²) < 4.78 is 1.33. The Bertz CT molecular complexity index is 1410. The Labute approximate surface area is 207 Å². The number of carbonyl (C=O) groups is 2. The first-order chi connectivity index (χ1) is 17.0. The molecule has 8 nitrogen and oxygen atoms in total. The van der Waals surface area contributed by atoms with E-state index < -0.39 is 11.8 Å². The second kappa shape index (κ2) is 11.1. The minimum absolute atomic E-state index is 0.0859. The van der Waals surface area contributed by atoms with Gasteiger partial charge < -0.3 is 0 Å². The van der Waals surface area contributed by atoms with Crippen LogP contribution in [0.4, 0.5) is 0 Å². The van der Waals surface area contributed by atoms with E-state index in [-0.39, 0.29) is 11.3 Å². The highest BCUT2D eigenvalue weighted by Gasteiger charge is 2.20. The average Bonchev–Trinajstić information content (AvgIpc) is 3.24. The number of amides is 2. The molecule has 2 aromatic heterocycles. The molecule has 0 fully saturated rings. The topological polar surface area (TPSA) is 106 Å². The van der Waals surface area contributed by atoms with E-state index in [4.69, 9.17) is 0 Å². The quantitative estimate of drug-likeness (QED) is 0.287. The van der Waals surface area contributed by atoms with Gasteiger partial charge in [0, 0.05) is 18.4 Å². The molecule has 0 spiro atoms. The lowest BCUT2D eigenvalue weighted by atomic mass is 10.1. The van der Waals surface area contributed by atoms with Crippen LogP contribution in [0.25, 0.3) is 10.8 Å². The van der Waals surface area contributed by atoms with Gasteiger partial charge in [0.2, 0.25) is 0 Å². The van der Waals surface area contributed by atoms with Crippen LogP contribution in [0.2, 0.25) is 0 Å². The van der Waals surface area contributed by atoms with Gasteiger partial charge in [-0.25, -0.2) is 9.67 Å². The molecule has 0 bridgehead atoms. The molecule has 0 aliphatic heterocycles. The van der Waals surface area contributed by atoms with Crippen molar-refractivity contribution in [2.24, 2.45) is 0 Å². The van der Waals surface area contributed by atoms with Gasteiger partial charge in [-0.1, -0.05) is 68.3 Å². The molecule has 180 valence electrons. The van der Waals surface area contributed by atoms with Crippen molar-refractivity contribution in [3.8, 4) is 0 Å². The van der Waals surface area contributed by atoms with Crippen molar-refractivity contribution < 1.29 is 9.59 Å². The summed E-state index contributed by atoms with van der Waals surface area (Å²) in [7, 11) is 0. The Morgan fingerprint density at radius 3 is 2.37 bits per heavy atom. The number of nitrogens with zero attached hydrogens (tertiary/aromatic N) is 3. The molecule has 0 aliphatic carbocycles. The number of thiazole rings is 1. The van der Waals surface area contributed by atoms with E-state index in [1.54, 1.807) is 31.2 Å². The predicted molar refractivity (Wildman–Crippen MR) is 137 cm³/mol. The normalized spacial score (nSPS) is 10.9. The molecule has 4 aromatic rings. The second-order valence-corrected chi connectivity index (χ2v) is 9.31. The molecule has 2 aromatic carbocycles. The molecule has 0 saturated carbocycles. The van der Waals surface area contributed by atoms with Crippen molar-refractivity contribution in [3.05, 3.63) is 91.8 Å².